The van der Waals surface area contributed by atoms with Crippen LogP contribution < -0.4 is 5.32 Å². The quantitative estimate of drug-likeness (QED) is 0.734. The van der Waals surface area contributed by atoms with E-state index in [4.69, 9.17) is 0 Å². The van der Waals surface area contributed by atoms with Crippen molar-refractivity contribution in [2.24, 2.45) is 5.92 Å². The normalized spacial score (nSPS) is 15.7. The molecule has 3 aromatic rings. The summed E-state index contributed by atoms with van der Waals surface area (Å²) in [6.07, 6.45) is 5.03. The molecule has 1 saturated heterocycles. The van der Waals surface area contributed by atoms with Gasteiger partial charge in [0, 0.05) is 23.5 Å². The van der Waals surface area contributed by atoms with Crippen LogP contribution in [0.15, 0.2) is 42.0 Å². The van der Waals surface area contributed by atoms with Crippen LogP contribution in [0.2, 0.25) is 0 Å². The smallest absolute Gasteiger partial charge is 0.227 e. The highest BCUT2D eigenvalue weighted by molar-refractivity contribution is 7.09. The van der Waals surface area contributed by atoms with Gasteiger partial charge in [0.1, 0.15) is 0 Å². The largest absolute Gasteiger partial charge is 0.326 e. The molecular formula is C19H22N6OS. The Kier molecular flexibility index (Phi) is 5.26. The lowest BCUT2D eigenvalue weighted by Gasteiger charge is -2.30. The minimum absolute atomic E-state index is 0.0610. The molecule has 140 valence electrons. The predicted molar refractivity (Wildman–Crippen MR) is 105 cm³/mol. The van der Waals surface area contributed by atoms with Crippen LogP contribution in [-0.2, 0) is 11.3 Å². The van der Waals surface area contributed by atoms with Crippen molar-refractivity contribution < 1.29 is 4.79 Å². The van der Waals surface area contributed by atoms with Gasteiger partial charge in [0.15, 0.2) is 0 Å². The molecule has 1 aliphatic rings. The summed E-state index contributed by atoms with van der Waals surface area (Å²) in [5.41, 5.74) is 2.80. The van der Waals surface area contributed by atoms with Gasteiger partial charge in [0.05, 0.1) is 28.8 Å². The SMILES string of the molecule is Cc1nc(CN2CCC(C(=O)Nc3ccc(-n4nccn4)cc3)CC2)cs1. The summed E-state index contributed by atoms with van der Waals surface area (Å²) in [4.78, 5) is 21.0. The van der Waals surface area contributed by atoms with Gasteiger partial charge in [-0.15, -0.1) is 11.3 Å². The monoisotopic (exact) mass is 382 g/mol. The maximum Gasteiger partial charge on any atom is 0.227 e. The van der Waals surface area contributed by atoms with Crippen molar-refractivity contribution in [1.29, 1.82) is 0 Å². The van der Waals surface area contributed by atoms with Crippen LogP contribution >= 0.6 is 11.3 Å². The summed E-state index contributed by atoms with van der Waals surface area (Å²) in [5.74, 6) is 0.162. The Morgan fingerprint density at radius 2 is 1.89 bits per heavy atom. The van der Waals surface area contributed by atoms with Gasteiger partial charge in [0.25, 0.3) is 0 Å². The number of rotatable bonds is 5. The molecule has 0 spiro atoms. The summed E-state index contributed by atoms with van der Waals surface area (Å²) in [7, 11) is 0. The van der Waals surface area contributed by atoms with Crippen molar-refractivity contribution in [3.8, 4) is 5.69 Å². The van der Waals surface area contributed by atoms with Gasteiger partial charge < -0.3 is 5.32 Å². The van der Waals surface area contributed by atoms with Gasteiger partial charge >= 0.3 is 0 Å². The summed E-state index contributed by atoms with van der Waals surface area (Å²) in [6.45, 7) is 4.77. The number of likely N-dealkylation sites (tertiary alicyclic amines) is 1. The van der Waals surface area contributed by atoms with Crippen LogP contribution in [0.4, 0.5) is 5.69 Å². The Balaban J connectivity index is 1.28. The molecule has 4 rings (SSSR count). The number of carbonyl (C=O) groups excluding carboxylic acids is 1. The topological polar surface area (TPSA) is 75.9 Å². The number of carbonyl (C=O) groups is 1. The van der Waals surface area contributed by atoms with Crippen molar-refractivity contribution in [2.45, 2.75) is 26.3 Å². The van der Waals surface area contributed by atoms with E-state index in [0.29, 0.717) is 0 Å². The first kappa shape index (κ1) is 17.8. The molecule has 3 heterocycles. The number of benzene rings is 1. The summed E-state index contributed by atoms with van der Waals surface area (Å²) < 4.78 is 0. The first-order valence-corrected chi connectivity index (χ1v) is 9.96. The van der Waals surface area contributed by atoms with Gasteiger partial charge in [-0.25, -0.2) is 4.98 Å². The van der Waals surface area contributed by atoms with Crippen LogP contribution in [0.3, 0.4) is 0 Å². The van der Waals surface area contributed by atoms with Crippen molar-refractivity contribution in [2.75, 3.05) is 18.4 Å². The standard InChI is InChI=1S/C19H22N6OS/c1-14-22-17(13-27-14)12-24-10-6-15(7-11-24)19(26)23-16-2-4-18(5-3-16)25-20-8-9-21-25/h2-5,8-9,13,15H,6-7,10-12H2,1H3,(H,23,26). The predicted octanol–water partition coefficient (Wildman–Crippen LogP) is 2.88. The summed E-state index contributed by atoms with van der Waals surface area (Å²) >= 11 is 1.69. The Morgan fingerprint density at radius 3 is 2.52 bits per heavy atom. The number of thiazole rings is 1. The molecule has 1 N–H and O–H groups in total. The number of piperidine rings is 1. The number of hydrogen-bond donors (Lipinski definition) is 1. The molecule has 0 saturated carbocycles. The third kappa shape index (κ3) is 4.40. The first-order valence-electron chi connectivity index (χ1n) is 9.08. The Bertz CT molecular complexity index is 881. The van der Waals surface area contributed by atoms with Gasteiger partial charge in [-0.3, -0.25) is 9.69 Å². The molecule has 0 radical (unpaired) electrons. The van der Waals surface area contributed by atoms with Crippen molar-refractivity contribution in [1.82, 2.24) is 24.9 Å². The molecule has 0 atom stereocenters. The average molecular weight is 382 g/mol. The number of nitrogens with one attached hydrogen (secondary N) is 1. The lowest BCUT2D eigenvalue weighted by atomic mass is 9.95. The Labute approximate surface area is 162 Å². The fourth-order valence-corrected chi connectivity index (χ4v) is 3.94. The zero-order valence-corrected chi connectivity index (χ0v) is 16.0. The van der Waals surface area contributed by atoms with E-state index in [0.717, 1.165) is 54.6 Å². The van der Waals surface area contributed by atoms with E-state index in [1.807, 2.05) is 31.2 Å². The molecule has 0 unspecified atom stereocenters. The second-order valence-corrected chi connectivity index (χ2v) is 7.83. The van der Waals surface area contributed by atoms with Crippen molar-refractivity contribution in [3.63, 3.8) is 0 Å². The van der Waals surface area contributed by atoms with Gasteiger partial charge in [-0.05, 0) is 57.1 Å². The average Bonchev–Trinajstić information content (AvgIpc) is 3.35. The maximum atomic E-state index is 12.6. The number of aryl methyl sites for hydroxylation is 1. The molecule has 0 bridgehead atoms. The van der Waals surface area contributed by atoms with Gasteiger partial charge in [-0.1, -0.05) is 0 Å². The second-order valence-electron chi connectivity index (χ2n) is 6.76. The summed E-state index contributed by atoms with van der Waals surface area (Å²) in [5, 5.41) is 14.5. The third-order valence-corrected chi connectivity index (χ3v) is 5.62. The number of hydrogen-bond acceptors (Lipinski definition) is 6. The van der Waals surface area contributed by atoms with Gasteiger partial charge in [0.2, 0.25) is 5.91 Å². The van der Waals surface area contributed by atoms with E-state index >= 15 is 0 Å². The number of nitrogens with zero attached hydrogens (tertiary/aromatic N) is 5. The fourth-order valence-electron chi connectivity index (χ4n) is 3.33. The number of amides is 1. The molecule has 8 heteroatoms. The van der Waals surface area contributed by atoms with Crippen LogP contribution in [0.25, 0.3) is 5.69 Å². The Hall–Kier alpha value is -2.58. The van der Waals surface area contributed by atoms with E-state index in [-0.39, 0.29) is 11.8 Å². The fraction of sp³-hybridized carbons (Fsp3) is 0.368. The molecule has 0 aliphatic carbocycles. The molecular weight excluding hydrogens is 360 g/mol. The maximum absolute atomic E-state index is 12.6. The van der Waals surface area contributed by atoms with Gasteiger partial charge in [-0.2, -0.15) is 15.0 Å². The highest BCUT2D eigenvalue weighted by atomic mass is 32.1. The lowest BCUT2D eigenvalue weighted by Crippen LogP contribution is -2.37. The second kappa shape index (κ2) is 7.98. The molecule has 1 aromatic carbocycles. The zero-order valence-electron chi connectivity index (χ0n) is 15.2. The number of anilines is 1. The van der Waals surface area contributed by atoms with Crippen molar-refractivity contribution in [3.05, 3.63) is 52.7 Å². The first-order chi connectivity index (χ1) is 13.2. The molecule has 1 amide bonds. The molecule has 7 nitrogen and oxygen atoms in total. The van der Waals surface area contributed by atoms with E-state index < -0.39 is 0 Å². The minimum Gasteiger partial charge on any atom is -0.326 e. The molecule has 1 aliphatic heterocycles. The van der Waals surface area contributed by atoms with Crippen LogP contribution in [0.5, 0.6) is 0 Å². The van der Waals surface area contributed by atoms with Crippen LogP contribution in [0.1, 0.15) is 23.5 Å². The number of aromatic nitrogens is 4. The van der Waals surface area contributed by atoms with Crippen LogP contribution in [0, 0.1) is 12.8 Å². The van der Waals surface area contributed by atoms with E-state index in [1.54, 1.807) is 28.5 Å². The van der Waals surface area contributed by atoms with E-state index in [1.165, 1.54) is 0 Å². The molecule has 2 aromatic heterocycles. The van der Waals surface area contributed by atoms with E-state index in [9.17, 15) is 4.79 Å². The Morgan fingerprint density at radius 1 is 1.19 bits per heavy atom. The molecule has 27 heavy (non-hydrogen) atoms. The van der Waals surface area contributed by atoms with Crippen LogP contribution in [-0.4, -0.2) is 43.9 Å². The van der Waals surface area contributed by atoms with E-state index in [2.05, 4.69) is 30.8 Å². The lowest BCUT2D eigenvalue weighted by molar-refractivity contribution is -0.121. The zero-order chi connectivity index (χ0) is 18.6. The highest BCUT2D eigenvalue weighted by Gasteiger charge is 2.25. The minimum atomic E-state index is 0.0610. The third-order valence-electron chi connectivity index (χ3n) is 4.80. The van der Waals surface area contributed by atoms with Crippen molar-refractivity contribution >= 4 is 22.9 Å². The molecule has 1 fully saturated rings. The summed E-state index contributed by atoms with van der Waals surface area (Å²) in [6, 6.07) is 7.56. The highest BCUT2D eigenvalue weighted by Crippen LogP contribution is 2.22.